The van der Waals surface area contributed by atoms with Gasteiger partial charge in [0, 0.05) is 18.6 Å². The zero-order valence-corrected chi connectivity index (χ0v) is 12.3. The molecule has 0 aromatic rings. The molecule has 2 fully saturated rings. The molecule has 0 bridgehead atoms. The number of nitrogens with zero attached hydrogens (tertiary/aromatic N) is 1. The summed E-state index contributed by atoms with van der Waals surface area (Å²) in [5.74, 6) is -0.280. The highest BCUT2D eigenvalue weighted by Gasteiger charge is 2.40. The predicted molar refractivity (Wildman–Crippen MR) is 74.8 cm³/mol. The number of nitrogens with one attached hydrogen (secondary N) is 1. The van der Waals surface area contributed by atoms with Crippen molar-refractivity contribution in [1.82, 2.24) is 10.2 Å². The highest BCUT2D eigenvalue weighted by molar-refractivity contribution is 5.84. The Morgan fingerprint density at radius 3 is 2.95 bits per heavy atom. The van der Waals surface area contributed by atoms with Gasteiger partial charge in [0.15, 0.2) is 0 Å². The van der Waals surface area contributed by atoms with Crippen molar-refractivity contribution in [2.45, 2.75) is 63.3 Å². The summed E-state index contributed by atoms with van der Waals surface area (Å²) in [6, 6.07) is 0.859. The number of fused-ring (bicyclic) bond motifs is 1. The van der Waals surface area contributed by atoms with Crippen LogP contribution in [0.4, 0.5) is 0 Å². The first kappa shape index (κ1) is 14.8. The summed E-state index contributed by atoms with van der Waals surface area (Å²) in [5.41, 5.74) is 4.89. The van der Waals surface area contributed by atoms with Crippen LogP contribution in [0, 0.1) is 0 Å². The molecule has 1 aliphatic heterocycles. The van der Waals surface area contributed by atoms with Crippen molar-refractivity contribution >= 4 is 5.91 Å². The Labute approximate surface area is 115 Å². The van der Waals surface area contributed by atoms with Gasteiger partial charge in [-0.3, -0.25) is 9.69 Å². The monoisotopic (exact) mass is 269 g/mol. The molecule has 1 saturated heterocycles. The maximum absolute atomic E-state index is 11.6. The van der Waals surface area contributed by atoms with Crippen molar-refractivity contribution in [1.29, 1.82) is 0 Å². The number of primary amides is 1. The van der Waals surface area contributed by atoms with Gasteiger partial charge in [0.1, 0.15) is 0 Å². The first-order valence-corrected chi connectivity index (χ1v) is 7.34. The Hall–Kier alpha value is -0.650. The molecule has 5 heteroatoms. The standard InChI is InChI=1S/C14H27N3O2/c1-10(9-14(2,16-3)13(15)18)17-7-8-19-12-6-4-5-11(12)17/h10-12,16H,4-9H2,1-3H3,(H2,15,18). The van der Waals surface area contributed by atoms with Gasteiger partial charge in [0.2, 0.25) is 5.91 Å². The van der Waals surface area contributed by atoms with Crippen molar-refractivity contribution < 1.29 is 9.53 Å². The molecule has 1 saturated carbocycles. The molecule has 0 aromatic heterocycles. The van der Waals surface area contributed by atoms with E-state index in [1.807, 2.05) is 6.92 Å². The van der Waals surface area contributed by atoms with Crippen LogP contribution in [0.15, 0.2) is 0 Å². The minimum atomic E-state index is -0.633. The first-order chi connectivity index (χ1) is 8.98. The molecule has 2 aliphatic rings. The van der Waals surface area contributed by atoms with Crippen molar-refractivity contribution in [3.8, 4) is 0 Å². The van der Waals surface area contributed by atoms with Crippen LogP contribution >= 0.6 is 0 Å². The molecule has 2 rings (SSSR count). The van der Waals surface area contributed by atoms with E-state index in [1.165, 1.54) is 19.3 Å². The van der Waals surface area contributed by atoms with E-state index in [0.29, 0.717) is 18.2 Å². The summed E-state index contributed by atoms with van der Waals surface area (Å²) in [5, 5.41) is 3.08. The molecule has 0 aromatic carbocycles. The number of rotatable bonds is 5. The largest absolute Gasteiger partial charge is 0.375 e. The predicted octanol–water partition coefficient (Wildman–Crippen LogP) is 0.482. The number of likely N-dealkylation sites (N-methyl/N-ethyl adjacent to an activating group) is 1. The van der Waals surface area contributed by atoms with E-state index >= 15 is 0 Å². The van der Waals surface area contributed by atoms with E-state index in [-0.39, 0.29) is 5.91 Å². The van der Waals surface area contributed by atoms with Crippen LogP contribution in [0.1, 0.15) is 39.5 Å². The molecule has 1 aliphatic carbocycles. The number of hydrogen-bond donors (Lipinski definition) is 2. The molecule has 0 spiro atoms. The molecular formula is C14H27N3O2. The first-order valence-electron chi connectivity index (χ1n) is 7.34. The lowest BCUT2D eigenvalue weighted by atomic mass is 9.91. The third-order valence-electron chi connectivity index (χ3n) is 4.89. The van der Waals surface area contributed by atoms with E-state index < -0.39 is 5.54 Å². The van der Waals surface area contributed by atoms with E-state index in [0.717, 1.165) is 19.6 Å². The summed E-state index contributed by atoms with van der Waals surface area (Å²) in [7, 11) is 1.80. The fourth-order valence-corrected chi connectivity index (χ4v) is 3.54. The Morgan fingerprint density at radius 1 is 1.58 bits per heavy atom. The molecule has 19 heavy (non-hydrogen) atoms. The molecular weight excluding hydrogens is 242 g/mol. The maximum Gasteiger partial charge on any atom is 0.237 e. The fourth-order valence-electron chi connectivity index (χ4n) is 3.54. The number of nitrogens with two attached hydrogens (primary N) is 1. The van der Waals surface area contributed by atoms with Gasteiger partial charge >= 0.3 is 0 Å². The topological polar surface area (TPSA) is 67.6 Å². The van der Waals surface area contributed by atoms with Crippen LogP contribution in [0.2, 0.25) is 0 Å². The number of carbonyl (C=O) groups excluding carboxylic acids is 1. The van der Waals surface area contributed by atoms with Gasteiger partial charge in [-0.1, -0.05) is 0 Å². The van der Waals surface area contributed by atoms with E-state index in [9.17, 15) is 4.79 Å². The summed E-state index contributed by atoms with van der Waals surface area (Å²) in [6.07, 6.45) is 4.76. The Kier molecular flexibility index (Phi) is 4.48. The highest BCUT2D eigenvalue weighted by atomic mass is 16.5. The van der Waals surface area contributed by atoms with E-state index in [2.05, 4.69) is 17.1 Å². The van der Waals surface area contributed by atoms with Crippen LogP contribution in [0.25, 0.3) is 0 Å². The summed E-state index contributed by atoms with van der Waals surface area (Å²) >= 11 is 0. The third kappa shape index (κ3) is 2.93. The van der Waals surface area contributed by atoms with Crippen molar-refractivity contribution in [2.24, 2.45) is 5.73 Å². The normalized spacial score (nSPS) is 32.6. The number of amides is 1. The zero-order valence-electron chi connectivity index (χ0n) is 12.3. The number of hydrogen-bond acceptors (Lipinski definition) is 4. The van der Waals surface area contributed by atoms with Gasteiger partial charge in [0.25, 0.3) is 0 Å². The summed E-state index contributed by atoms with van der Waals surface area (Å²) in [6.45, 7) is 5.84. The Bertz CT molecular complexity index is 337. The van der Waals surface area contributed by atoms with Crippen molar-refractivity contribution in [3.05, 3.63) is 0 Å². The smallest absolute Gasteiger partial charge is 0.237 e. The van der Waals surface area contributed by atoms with Crippen LogP contribution in [-0.2, 0) is 9.53 Å². The van der Waals surface area contributed by atoms with E-state index in [1.54, 1.807) is 7.05 Å². The minimum Gasteiger partial charge on any atom is -0.375 e. The summed E-state index contributed by atoms with van der Waals surface area (Å²) < 4.78 is 5.84. The molecule has 4 unspecified atom stereocenters. The molecule has 5 nitrogen and oxygen atoms in total. The number of ether oxygens (including phenoxy) is 1. The molecule has 0 radical (unpaired) electrons. The van der Waals surface area contributed by atoms with Crippen LogP contribution in [0.5, 0.6) is 0 Å². The average molecular weight is 269 g/mol. The van der Waals surface area contributed by atoms with Gasteiger partial charge in [0.05, 0.1) is 18.2 Å². The molecule has 4 atom stereocenters. The number of morpholine rings is 1. The minimum absolute atomic E-state index is 0.280. The quantitative estimate of drug-likeness (QED) is 0.762. The molecule has 1 amide bonds. The van der Waals surface area contributed by atoms with Gasteiger partial charge < -0.3 is 15.8 Å². The Balaban J connectivity index is 2.02. The van der Waals surface area contributed by atoms with Gasteiger partial charge in [-0.05, 0) is 46.6 Å². The van der Waals surface area contributed by atoms with E-state index in [4.69, 9.17) is 10.5 Å². The van der Waals surface area contributed by atoms with Crippen LogP contribution < -0.4 is 11.1 Å². The van der Waals surface area contributed by atoms with Crippen molar-refractivity contribution in [3.63, 3.8) is 0 Å². The third-order valence-corrected chi connectivity index (χ3v) is 4.89. The lowest BCUT2D eigenvalue weighted by Gasteiger charge is -2.43. The van der Waals surface area contributed by atoms with Gasteiger partial charge in [-0.15, -0.1) is 0 Å². The maximum atomic E-state index is 11.6. The number of carbonyl (C=O) groups is 1. The molecule has 3 N–H and O–H groups in total. The second-order valence-electron chi connectivity index (χ2n) is 6.14. The second-order valence-corrected chi connectivity index (χ2v) is 6.14. The highest BCUT2D eigenvalue weighted by Crippen LogP contribution is 2.32. The van der Waals surface area contributed by atoms with Crippen LogP contribution in [-0.4, -0.2) is 54.7 Å². The Morgan fingerprint density at radius 2 is 2.32 bits per heavy atom. The van der Waals surface area contributed by atoms with Crippen molar-refractivity contribution in [2.75, 3.05) is 20.2 Å². The summed E-state index contributed by atoms with van der Waals surface area (Å²) in [4.78, 5) is 14.1. The molecule has 110 valence electrons. The van der Waals surface area contributed by atoms with Gasteiger partial charge in [-0.25, -0.2) is 0 Å². The average Bonchev–Trinajstić information content (AvgIpc) is 2.86. The zero-order chi connectivity index (χ0) is 14.0. The van der Waals surface area contributed by atoms with Gasteiger partial charge in [-0.2, -0.15) is 0 Å². The SMILES string of the molecule is CNC(C)(CC(C)N1CCOC2CCCC21)C(N)=O. The molecule has 1 heterocycles. The fraction of sp³-hybridized carbons (Fsp3) is 0.929. The lowest BCUT2D eigenvalue weighted by molar-refractivity contribution is -0.125. The lowest BCUT2D eigenvalue weighted by Crippen LogP contribution is -2.58. The van der Waals surface area contributed by atoms with Crippen LogP contribution in [0.3, 0.4) is 0 Å². The second kappa shape index (κ2) is 5.77.